The van der Waals surface area contributed by atoms with E-state index in [0.29, 0.717) is 12.2 Å². The number of aromatic nitrogens is 3. The number of hydrogen-bond donors (Lipinski definition) is 1. The van der Waals surface area contributed by atoms with E-state index in [2.05, 4.69) is 15.4 Å². The minimum Gasteiger partial charge on any atom is -0.323 e. The summed E-state index contributed by atoms with van der Waals surface area (Å²) in [5.74, 6) is 0. The third-order valence-corrected chi connectivity index (χ3v) is 2.44. The number of pyridine rings is 1. The van der Waals surface area contributed by atoms with Gasteiger partial charge in [0.05, 0.1) is 24.6 Å². The average molecular weight is 245 g/mol. The molecule has 2 rings (SSSR count). The second kappa shape index (κ2) is 5.31. The molecule has 0 radical (unpaired) electrons. The Morgan fingerprint density at radius 1 is 1.50 bits per heavy atom. The molecule has 2 aromatic heterocycles. The molecule has 0 saturated heterocycles. The third-order valence-electron chi connectivity index (χ3n) is 2.44. The van der Waals surface area contributed by atoms with Crippen LogP contribution in [-0.2, 0) is 13.6 Å². The molecule has 6 nitrogen and oxygen atoms in total. The van der Waals surface area contributed by atoms with Gasteiger partial charge >= 0.3 is 6.03 Å². The summed E-state index contributed by atoms with van der Waals surface area (Å²) in [7, 11) is 3.58. The van der Waals surface area contributed by atoms with Gasteiger partial charge in [-0.3, -0.25) is 9.67 Å². The third kappa shape index (κ3) is 3.07. The summed E-state index contributed by atoms with van der Waals surface area (Å²) in [6.45, 7) is 0.514. The normalized spacial score (nSPS) is 10.1. The van der Waals surface area contributed by atoms with Gasteiger partial charge in [-0.2, -0.15) is 5.10 Å². The molecular formula is C12H15N5O. The van der Waals surface area contributed by atoms with E-state index in [1.165, 1.54) is 0 Å². The first-order valence-corrected chi connectivity index (χ1v) is 5.55. The summed E-state index contributed by atoms with van der Waals surface area (Å²) in [6.07, 6.45) is 6.90. The maximum absolute atomic E-state index is 11.9. The molecule has 0 bridgehead atoms. The number of carbonyl (C=O) groups excluding carboxylic acids is 1. The van der Waals surface area contributed by atoms with Gasteiger partial charge in [-0.1, -0.05) is 0 Å². The van der Waals surface area contributed by atoms with Crippen LogP contribution in [0.1, 0.15) is 5.56 Å². The van der Waals surface area contributed by atoms with Crippen molar-refractivity contribution in [1.29, 1.82) is 0 Å². The van der Waals surface area contributed by atoms with Crippen LogP contribution in [0.2, 0.25) is 0 Å². The number of anilines is 1. The fourth-order valence-electron chi connectivity index (χ4n) is 1.55. The van der Waals surface area contributed by atoms with Gasteiger partial charge in [0.15, 0.2) is 0 Å². The van der Waals surface area contributed by atoms with Gasteiger partial charge in [-0.25, -0.2) is 4.79 Å². The van der Waals surface area contributed by atoms with Gasteiger partial charge < -0.3 is 10.2 Å². The molecule has 0 aromatic carbocycles. The SMILES string of the molecule is CN(Cc1cnn(C)c1)C(=O)Nc1cccnc1. The van der Waals surface area contributed by atoms with Crippen LogP contribution < -0.4 is 5.32 Å². The van der Waals surface area contributed by atoms with E-state index >= 15 is 0 Å². The van der Waals surface area contributed by atoms with Gasteiger partial charge in [0, 0.05) is 32.1 Å². The van der Waals surface area contributed by atoms with Crippen LogP contribution in [0.3, 0.4) is 0 Å². The van der Waals surface area contributed by atoms with E-state index in [-0.39, 0.29) is 6.03 Å². The van der Waals surface area contributed by atoms with E-state index in [0.717, 1.165) is 5.56 Å². The number of hydrogen-bond acceptors (Lipinski definition) is 3. The molecule has 0 saturated carbocycles. The van der Waals surface area contributed by atoms with Crippen molar-refractivity contribution in [1.82, 2.24) is 19.7 Å². The summed E-state index contributed by atoms with van der Waals surface area (Å²) in [6, 6.07) is 3.39. The fourth-order valence-corrected chi connectivity index (χ4v) is 1.55. The van der Waals surface area contributed by atoms with Crippen molar-refractivity contribution < 1.29 is 4.79 Å². The second-order valence-corrected chi connectivity index (χ2v) is 4.05. The molecule has 0 atom stereocenters. The van der Waals surface area contributed by atoms with Crippen molar-refractivity contribution in [3.05, 3.63) is 42.5 Å². The minimum absolute atomic E-state index is 0.174. The van der Waals surface area contributed by atoms with Gasteiger partial charge in [0.1, 0.15) is 0 Å². The first-order valence-electron chi connectivity index (χ1n) is 5.55. The number of nitrogens with one attached hydrogen (secondary N) is 1. The molecule has 18 heavy (non-hydrogen) atoms. The van der Waals surface area contributed by atoms with Crippen LogP contribution in [0.25, 0.3) is 0 Å². The molecule has 6 heteroatoms. The number of carbonyl (C=O) groups is 1. The molecule has 0 aliphatic carbocycles. The van der Waals surface area contributed by atoms with Gasteiger partial charge in [-0.05, 0) is 12.1 Å². The van der Waals surface area contributed by atoms with Gasteiger partial charge in [-0.15, -0.1) is 0 Å². The van der Waals surface area contributed by atoms with Crippen molar-refractivity contribution in [2.45, 2.75) is 6.54 Å². The lowest BCUT2D eigenvalue weighted by atomic mass is 10.3. The second-order valence-electron chi connectivity index (χ2n) is 4.05. The fraction of sp³-hybridized carbons (Fsp3) is 0.250. The summed E-state index contributed by atoms with van der Waals surface area (Å²) in [5.41, 5.74) is 1.67. The first-order chi connectivity index (χ1) is 8.65. The Hall–Kier alpha value is -2.37. The van der Waals surface area contributed by atoms with Crippen LogP contribution in [-0.4, -0.2) is 32.7 Å². The standard InChI is InChI=1S/C12H15N5O/c1-16(8-10-6-14-17(2)9-10)12(18)15-11-4-3-5-13-7-11/h3-7,9H,8H2,1-2H3,(H,15,18). The average Bonchev–Trinajstić information content (AvgIpc) is 2.76. The Balaban J connectivity index is 1.93. The maximum atomic E-state index is 11.9. The number of nitrogens with zero attached hydrogens (tertiary/aromatic N) is 4. The number of rotatable bonds is 3. The Morgan fingerprint density at radius 3 is 2.94 bits per heavy atom. The molecule has 0 aliphatic heterocycles. The lowest BCUT2D eigenvalue weighted by molar-refractivity contribution is 0.220. The Kier molecular flexibility index (Phi) is 3.57. The summed E-state index contributed by atoms with van der Waals surface area (Å²) in [4.78, 5) is 17.4. The van der Waals surface area contributed by atoms with E-state index in [1.807, 2.05) is 13.2 Å². The molecule has 94 valence electrons. The van der Waals surface area contributed by atoms with Gasteiger partial charge in [0.25, 0.3) is 0 Å². The topological polar surface area (TPSA) is 63.1 Å². The van der Waals surface area contributed by atoms with E-state index in [9.17, 15) is 4.79 Å². The van der Waals surface area contributed by atoms with Crippen molar-refractivity contribution >= 4 is 11.7 Å². The quantitative estimate of drug-likeness (QED) is 0.890. The summed E-state index contributed by atoms with van der Waals surface area (Å²) in [5, 5.41) is 6.83. The van der Waals surface area contributed by atoms with E-state index < -0.39 is 0 Å². The number of urea groups is 1. The van der Waals surface area contributed by atoms with Crippen LogP contribution >= 0.6 is 0 Å². The monoisotopic (exact) mass is 245 g/mol. The lowest BCUT2D eigenvalue weighted by Crippen LogP contribution is -2.30. The zero-order chi connectivity index (χ0) is 13.0. The van der Waals surface area contributed by atoms with Crippen molar-refractivity contribution in [2.24, 2.45) is 7.05 Å². The lowest BCUT2D eigenvalue weighted by Gasteiger charge is -2.16. The van der Waals surface area contributed by atoms with Crippen molar-refractivity contribution in [3.8, 4) is 0 Å². The minimum atomic E-state index is -0.174. The van der Waals surface area contributed by atoms with Crippen molar-refractivity contribution in [3.63, 3.8) is 0 Å². The molecule has 0 unspecified atom stereocenters. The number of aryl methyl sites for hydroxylation is 1. The predicted octanol–water partition coefficient (Wildman–Crippen LogP) is 1.48. The van der Waals surface area contributed by atoms with E-state index in [4.69, 9.17) is 0 Å². The van der Waals surface area contributed by atoms with Gasteiger partial charge in [0.2, 0.25) is 0 Å². The Morgan fingerprint density at radius 2 is 2.33 bits per heavy atom. The zero-order valence-electron chi connectivity index (χ0n) is 10.4. The maximum Gasteiger partial charge on any atom is 0.321 e. The Labute approximate surface area is 105 Å². The molecular weight excluding hydrogens is 230 g/mol. The molecule has 2 amide bonds. The van der Waals surface area contributed by atoms with E-state index in [1.54, 1.807) is 47.4 Å². The highest BCUT2D eigenvalue weighted by Crippen LogP contribution is 2.06. The summed E-state index contributed by atoms with van der Waals surface area (Å²) >= 11 is 0. The largest absolute Gasteiger partial charge is 0.323 e. The summed E-state index contributed by atoms with van der Waals surface area (Å²) < 4.78 is 1.71. The molecule has 0 spiro atoms. The smallest absolute Gasteiger partial charge is 0.321 e. The predicted molar refractivity (Wildman–Crippen MR) is 67.9 cm³/mol. The molecule has 1 N–H and O–H groups in total. The zero-order valence-corrected chi connectivity index (χ0v) is 10.4. The van der Waals surface area contributed by atoms with Crippen LogP contribution in [0.5, 0.6) is 0 Å². The first kappa shape index (κ1) is 12.1. The van der Waals surface area contributed by atoms with Crippen LogP contribution in [0, 0.1) is 0 Å². The molecule has 2 aromatic rings. The molecule has 2 heterocycles. The highest BCUT2D eigenvalue weighted by atomic mass is 16.2. The van der Waals surface area contributed by atoms with Crippen LogP contribution in [0.15, 0.2) is 36.9 Å². The van der Waals surface area contributed by atoms with Crippen molar-refractivity contribution in [2.75, 3.05) is 12.4 Å². The molecule has 0 aliphatic rings. The number of amides is 2. The highest BCUT2D eigenvalue weighted by Gasteiger charge is 2.10. The highest BCUT2D eigenvalue weighted by molar-refractivity contribution is 5.88. The van der Waals surface area contributed by atoms with Crippen LogP contribution in [0.4, 0.5) is 10.5 Å². The molecule has 0 fully saturated rings. The Bertz CT molecular complexity index is 522.